The molecular weight excluding hydrogens is 1020 g/mol. The van der Waals surface area contributed by atoms with E-state index in [4.69, 9.17) is 14.2 Å². The summed E-state index contributed by atoms with van der Waals surface area (Å²) in [7, 11) is 2.77. The lowest BCUT2D eigenvalue weighted by Crippen LogP contribution is -2.59. The van der Waals surface area contributed by atoms with Crippen LogP contribution in [-0.2, 0) is 62.3 Å². The van der Waals surface area contributed by atoms with Crippen LogP contribution in [0.2, 0.25) is 0 Å². The van der Waals surface area contributed by atoms with E-state index in [1.54, 1.807) is 24.3 Å². The normalized spacial score (nSPS) is 23.6. The van der Waals surface area contributed by atoms with Crippen LogP contribution in [0.15, 0.2) is 42.5 Å². The number of aliphatic carboxylic acids is 1. The second-order valence-electron chi connectivity index (χ2n) is 20.6. The first kappa shape index (κ1) is 58.4. The number of nitrogens with zero attached hydrogens (tertiary/aromatic N) is 2. The predicted octanol–water partition coefficient (Wildman–Crippen LogP) is 0.904. The number of aliphatic hydroxyl groups is 3. The van der Waals surface area contributed by atoms with E-state index in [2.05, 4.69) is 16.0 Å². The van der Waals surface area contributed by atoms with Crippen molar-refractivity contribution in [2.75, 3.05) is 33.9 Å². The molecule has 2 heterocycles. The average molecular weight is 1090 g/mol. The fourth-order valence-electron chi connectivity index (χ4n) is 10.8. The summed E-state index contributed by atoms with van der Waals surface area (Å²) in [5, 5.41) is 73.7. The highest BCUT2D eigenvalue weighted by Gasteiger charge is 2.51. The number of rotatable bonds is 20. The first-order chi connectivity index (χ1) is 36.9. The fraction of sp³-hybridized carbons (Fsp3) is 0.509. The Balaban J connectivity index is 1.00. The summed E-state index contributed by atoms with van der Waals surface area (Å²) in [6, 6.07) is 6.53. The van der Waals surface area contributed by atoms with Crippen molar-refractivity contribution >= 4 is 52.9 Å². The Hall–Kier alpha value is -7.31. The van der Waals surface area contributed by atoms with Crippen LogP contribution >= 0.6 is 0 Å². The molecule has 1 unspecified atom stereocenters. The molecular formula is C55H67N5O18. The van der Waals surface area contributed by atoms with Crippen LogP contribution in [0.5, 0.6) is 17.2 Å². The number of aromatic hydroxyl groups is 2. The lowest BCUT2D eigenvalue weighted by atomic mass is 9.72. The zero-order valence-corrected chi connectivity index (χ0v) is 44.2. The van der Waals surface area contributed by atoms with Crippen molar-refractivity contribution in [3.05, 3.63) is 87.0 Å². The second kappa shape index (κ2) is 24.1. The minimum absolute atomic E-state index is 0.00984. The van der Waals surface area contributed by atoms with E-state index in [9.17, 15) is 73.8 Å². The molecule has 10 atom stereocenters. The molecule has 23 nitrogen and oxygen atoms in total. The molecule has 9 N–H and O–H groups in total. The SMILES string of the molecule is CCC(C)C[C@H](C(=O)N[C@@H](C)C(=O)NCC(=O)N1CCC[C@H]1C(=O)N[C@H]1C[C@H](O[C@H]2C[C@](O)(C(=O)CO)Cc3c(O)c4c(c(O)c32)C(=O)c2c(OC)cccc2C4=O)O[C@@H](C)[C@@H]1O)N(C)C(=O)Cc1cccc(CC(=O)O)c1. The summed E-state index contributed by atoms with van der Waals surface area (Å²) in [5.41, 5.74) is -3.37. The fourth-order valence-corrected chi connectivity index (χ4v) is 10.8. The minimum atomic E-state index is -2.43. The van der Waals surface area contributed by atoms with Crippen LogP contribution in [-0.4, -0.2) is 175 Å². The van der Waals surface area contributed by atoms with Gasteiger partial charge in [0.05, 0.1) is 61.4 Å². The molecule has 7 rings (SSSR count). The molecule has 4 aliphatic rings. The molecule has 0 aromatic heterocycles. The van der Waals surface area contributed by atoms with Crippen molar-refractivity contribution < 1.29 is 88.0 Å². The van der Waals surface area contributed by atoms with Crippen LogP contribution < -0.4 is 20.7 Å². The Bertz CT molecular complexity index is 2890. The Kier molecular flexibility index (Phi) is 18.1. The molecule has 2 saturated heterocycles. The monoisotopic (exact) mass is 1090 g/mol. The minimum Gasteiger partial charge on any atom is -0.507 e. The number of likely N-dealkylation sites (N-methyl/N-ethyl adjacent to an activating group) is 1. The number of hydrogen-bond donors (Lipinski definition) is 9. The first-order valence-corrected chi connectivity index (χ1v) is 25.9. The van der Waals surface area contributed by atoms with Crippen molar-refractivity contribution in [3.8, 4) is 17.2 Å². The van der Waals surface area contributed by atoms with Crippen LogP contribution in [0.4, 0.5) is 0 Å². The molecule has 420 valence electrons. The predicted molar refractivity (Wildman–Crippen MR) is 273 cm³/mol. The van der Waals surface area contributed by atoms with Crippen molar-refractivity contribution in [2.45, 2.75) is 140 Å². The van der Waals surface area contributed by atoms with Crippen LogP contribution in [0.25, 0.3) is 0 Å². The molecule has 0 bridgehead atoms. The van der Waals surface area contributed by atoms with Crippen LogP contribution in [0.3, 0.4) is 0 Å². The lowest BCUT2D eigenvalue weighted by molar-refractivity contribution is -0.249. The molecule has 3 aromatic carbocycles. The van der Waals surface area contributed by atoms with Crippen molar-refractivity contribution in [3.63, 3.8) is 0 Å². The van der Waals surface area contributed by atoms with Gasteiger partial charge in [0.15, 0.2) is 17.9 Å². The number of likely N-dealkylation sites (tertiary alicyclic amines) is 1. The van der Waals surface area contributed by atoms with Gasteiger partial charge in [0.1, 0.15) is 53.7 Å². The molecule has 78 heavy (non-hydrogen) atoms. The number of ether oxygens (including phenoxy) is 3. The number of nitrogens with one attached hydrogen (secondary N) is 3. The number of methoxy groups -OCH3 is 1. The molecule has 0 saturated carbocycles. The second-order valence-corrected chi connectivity index (χ2v) is 20.6. The van der Waals surface area contributed by atoms with E-state index in [1.165, 1.54) is 56.0 Å². The van der Waals surface area contributed by atoms with Gasteiger partial charge in [-0.15, -0.1) is 0 Å². The maximum absolute atomic E-state index is 14.1. The molecule has 23 heteroatoms. The van der Waals surface area contributed by atoms with Gasteiger partial charge >= 0.3 is 5.97 Å². The van der Waals surface area contributed by atoms with Crippen LogP contribution in [0.1, 0.15) is 126 Å². The van der Waals surface area contributed by atoms with E-state index in [0.717, 1.165) is 0 Å². The van der Waals surface area contributed by atoms with E-state index in [1.807, 2.05) is 13.8 Å². The lowest BCUT2D eigenvalue weighted by Gasteiger charge is -2.43. The number of carbonyl (C=O) groups is 9. The topological polar surface area (TPSA) is 345 Å². The summed E-state index contributed by atoms with van der Waals surface area (Å²) in [4.78, 5) is 123. The number of hydrogen-bond acceptors (Lipinski definition) is 17. The highest BCUT2D eigenvalue weighted by molar-refractivity contribution is 6.31. The maximum atomic E-state index is 14.1. The molecule has 0 radical (unpaired) electrons. The van der Waals surface area contributed by atoms with Gasteiger partial charge in [0.2, 0.25) is 35.3 Å². The number of ketones is 3. The summed E-state index contributed by atoms with van der Waals surface area (Å²) in [6.07, 6.45) is -5.73. The summed E-state index contributed by atoms with van der Waals surface area (Å²) in [6.45, 7) is 5.20. The highest BCUT2D eigenvalue weighted by atomic mass is 16.7. The van der Waals surface area contributed by atoms with Gasteiger partial charge in [-0.25, -0.2) is 0 Å². The third kappa shape index (κ3) is 12.0. The smallest absolute Gasteiger partial charge is 0.307 e. The number of Topliss-reactive ketones (excluding diaryl/α,β-unsaturated/α-hetero) is 1. The van der Waals surface area contributed by atoms with Gasteiger partial charge in [0.25, 0.3) is 0 Å². The van der Waals surface area contributed by atoms with Gasteiger partial charge < -0.3 is 70.6 Å². The number of aliphatic hydroxyl groups excluding tert-OH is 2. The third-order valence-corrected chi connectivity index (χ3v) is 15.3. The molecule has 2 aliphatic heterocycles. The number of amides is 5. The maximum Gasteiger partial charge on any atom is 0.307 e. The van der Waals surface area contributed by atoms with E-state index >= 15 is 0 Å². The number of carboxylic acid groups (broad SMARTS) is 1. The zero-order valence-electron chi connectivity index (χ0n) is 44.2. The summed E-state index contributed by atoms with van der Waals surface area (Å²) >= 11 is 0. The number of phenolic OH excluding ortho intramolecular Hbond substituents is 2. The van der Waals surface area contributed by atoms with Gasteiger partial charge in [-0.05, 0) is 56.2 Å². The quantitative estimate of drug-likeness (QED) is 0.0555. The largest absolute Gasteiger partial charge is 0.507 e. The number of carboxylic acids is 1. The summed E-state index contributed by atoms with van der Waals surface area (Å²) < 4.78 is 17.6. The number of fused-ring (bicyclic) bond motifs is 3. The Morgan fingerprint density at radius 1 is 0.949 bits per heavy atom. The number of benzene rings is 3. The molecule has 2 fully saturated rings. The standard InChI is InChI=1S/C55H67N5O18/c1-7-26(2)17-35(59(5)39(63)19-29-11-8-12-30(18-29)20-41(65)66)54(74)57-27(3)52(72)56-24-40(64)60-16-10-14-34(60)53(73)58-33-21-42(77-28(4)47(33)67)78-37-23-55(75,38(62)25-61)22-32-44(37)51(71)46-45(49(32)69)48(68)31-13-9-15-36(76-6)43(31)50(46)70/h8-9,11-13,15,18,26-28,33-35,37,42,47,61,67,69,71,75H,7,10,14,16-17,19-25H2,1-6H3,(H,56,72)(H,57,74)(H,58,73)(H,65,66)/t26?,27-,28-,33-,34-,35+,37-,42-,47-,55-/m0/s1. The van der Waals surface area contributed by atoms with Crippen LogP contribution in [0, 0.1) is 5.92 Å². The van der Waals surface area contributed by atoms with Gasteiger partial charge in [-0.2, -0.15) is 0 Å². The number of carbonyl (C=O) groups excluding carboxylic acids is 8. The zero-order chi connectivity index (χ0) is 57.1. The third-order valence-electron chi connectivity index (χ3n) is 15.3. The molecule has 0 spiro atoms. The van der Waals surface area contributed by atoms with Gasteiger partial charge in [-0.3, -0.25) is 43.2 Å². The average Bonchev–Trinajstić information content (AvgIpc) is 4.06. The van der Waals surface area contributed by atoms with Crippen molar-refractivity contribution in [1.29, 1.82) is 0 Å². The Morgan fingerprint density at radius 3 is 2.29 bits per heavy atom. The van der Waals surface area contributed by atoms with Gasteiger partial charge in [-0.1, -0.05) is 56.7 Å². The van der Waals surface area contributed by atoms with Crippen molar-refractivity contribution in [2.24, 2.45) is 5.92 Å². The van der Waals surface area contributed by atoms with E-state index in [0.29, 0.717) is 24.0 Å². The van der Waals surface area contributed by atoms with E-state index in [-0.39, 0.29) is 72.6 Å². The first-order valence-electron chi connectivity index (χ1n) is 25.9. The Labute approximate surface area is 449 Å². The Morgan fingerprint density at radius 2 is 1.63 bits per heavy atom. The van der Waals surface area contributed by atoms with Crippen molar-refractivity contribution in [1.82, 2.24) is 25.8 Å². The highest BCUT2D eigenvalue weighted by Crippen LogP contribution is 2.52. The molecule has 5 amide bonds. The summed E-state index contributed by atoms with van der Waals surface area (Å²) in [5.74, 6) is -8.41. The van der Waals surface area contributed by atoms with E-state index < -0.39 is 156 Å². The molecule has 2 aliphatic carbocycles. The molecule has 3 aromatic rings. The van der Waals surface area contributed by atoms with Gasteiger partial charge in [0, 0.05) is 49.5 Å². The number of phenols is 2.